The molecule has 1 atom stereocenters. The van der Waals surface area contributed by atoms with E-state index >= 15 is 0 Å². The van der Waals surface area contributed by atoms with E-state index in [1.165, 1.54) is 0 Å². The molecule has 0 saturated carbocycles. The van der Waals surface area contributed by atoms with Crippen LogP contribution in [0.2, 0.25) is 0 Å². The summed E-state index contributed by atoms with van der Waals surface area (Å²) in [5, 5.41) is 11.9. The Morgan fingerprint density at radius 2 is 2.12 bits per heavy atom. The molecule has 0 spiro atoms. The van der Waals surface area contributed by atoms with Crippen LogP contribution in [0.5, 0.6) is 5.75 Å². The first-order chi connectivity index (χ1) is 11.8. The smallest absolute Gasteiger partial charge is 0.297 e. The Kier molecular flexibility index (Phi) is 3.96. The molecule has 124 valence electrons. The van der Waals surface area contributed by atoms with Gasteiger partial charge in [-0.2, -0.15) is 4.98 Å². The summed E-state index contributed by atoms with van der Waals surface area (Å²) >= 11 is 0. The van der Waals surface area contributed by atoms with Crippen LogP contribution in [0, 0.1) is 0 Å². The van der Waals surface area contributed by atoms with Crippen molar-refractivity contribution in [2.75, 3.05) is 20.2 Å². The highest BCUT2D eigenvalue weighted by molar-refractivity contribution is 5.57. The molecule has 3 aromatic rings. The van der Waals surface area contributed by atoms with Crippen molar-refractivity contribution in [1.29, 1.82) is 0 Å². The maximum absolute atomic E-state index is 5.32. The van der Waals surface area contributed by atoms with Crippen molar-refractivity contribution < 1.29 is 9.26 Å². The molecule has 2 aromatic heterocycles. The summed E-state index contributed by atoms with van der Waals surface area (Å²) in [6, 6.07) is 7.80. The van der Waals surface area contributed by atoms with E-state index in [1.54, 1.807) is 13.4 Å². The average molecular weight is 326 g/mol. The number of benzene rings is 1. The SMILES string of the molecule is COc1ccc(-c2noc(-c3ncn(C4CCCNC4)n3)n2)cc1. The zero-order chi connectivity index (χ0) is 16.4. The van der Waals surface area contributed by atoms with Gasteiger partial charge in [0, 0.05) is 12.1 Å². The van der Waals surface area contributed by atoms with Crippen LogP contribution < -0.4 is 10.1 Å². The van der Waals surface area contributed by atoms with Crippen LogP contribution in [0.3, 0.4) is 0 Å². The molecule has 0 radical (unpaired) electrons. The van der Waals surface area contributed by atoms with E-state index in [4.69, 9.17) is 9.26 Å². The third-order valence-electron chi connectivity index (χ3n) is 4.12. The molecule has 8 heteroatoms. The molecular weight excluding hydrogens is 308 g/mol. The number of methoxy groups -OCH3 is 1. The molecule has 1 aromatic carbocycles. The lowest BCUT2D eigenvalue weighted by molar-refractivity contribution is 0.345. The fourth-order valence-electron chi connectivity index (χ4n) is 2.78. The molecular formula is C16H18N6O2. The third kappa shape index (κ3) is 2.88. The fraction of sp³-hybridized carbons (Fsp3) is 0.375. The summed E-state index contributed by atoms with van der Waals surface area (Å²) in [7, 11) is 1.63. The van der Waals surface area contributed by atoms with E-state index in [0.29, 0.717) is 23.6 Å². The van der Waals surface area contributed by atoms with Crippen molar-refractivity contribution in [3.8, 4) is 28.9 Å². The highest BCUT2D eigenvalue weighted by atomic mass is 16.5. The Hall–Kier alpha value is -2.74. The zero-order valence-electron chi connectivity index (χ0n) is 13.3. The summed E-state index contributed by atoms with van der Waals surface area (Å²) in [6.07, 6.45) is 3.96. The van der Waals surface area contributed by atoms with Gasteiger partial charge in [0.25, 0.3) is 5.89 Å². The molecule has 1 fully saturated rings. The molecule has 0 aliphatic carbocycles. The van der Waals surface area contributed by atoms with E-state index < -0.39 is 0 Å². The number of piperidine rings is 1. The highest BCUT2D eigenvalue weighted by Gasteiger charge is 2.19. The van der Waals surface area contributed by atoms with Crippen molar-refractivity contribution in [3.05, 3.63) is 30.6 Å². The second kappa shape index (κ2) is 6.40. The molecule has 24 heavy (non-hydrogen) atoms. The lowest BCUT2D eigenvalue weighted by Crippen LogP contribution is -2.31. The first-order valence-electron chi connectivity index (χ1n) is 7.94. The Labute approximate surface area is 138 Å². The fourth-order valence-corrected chi connectivity index (χ4v) is 2.78. The number of aromatic nitrogens is 5. The highest BCUT2D eigenvalue weighted by Crippen LogP contribution is 2.23. The summed E-state index contributed by atoms with van der Waals surface area (Å²) in [5.41, 5.74) is 0.849. The van der Waals surface area contributed by atoms with Gasteiger partial charge in [0.15, 0.2) is 0 Å². The zero-order valence-corrected chi connectivity index (χ0v) is 13.3. The number of nitrogens with zero attached hydrogens (tertiary/aromatic N) is 5. The average Bonchev–Trinajstić information content (AvgIpc) is 3.32. The van der Waals surface area contributed by atoms with Gasteiger partial charge in [0.05, 0.1) is 13.2 Å². The number of hydrogen-bond donors (Lipinski definition) is 1. The number of rotatable bonds is 4. The Balaban J connectivity index is 1.54. The normalized spacial score (nSPS) is 17.8. The van der Waals surface area contributed by atoms with Crippen LogP contribution in [-0.2, 0) is 0 Å². The van der Waals surface area contributed by atoms with Crippen molar-refractivity contribution in [3.63, 3.8) is 0 Å². The summed E-state index contributed by atoms with van der Waals surface area (Å²) in [5.74, 6) is 2.06. The lowest BCUT2D eigenvalue weighted by Gasteiger charge is -2.22. The van der Waals surface area contributed by atoms with E-state index in [1.807, 2.05) is 28.9 Å². The van der Waals surface area contributed by atoms with Gasteiger partial charge in [0.1, 0.15) is 12.1 Å². The topological polar surface area (TPSA) is 90.9 Å². The second-order valence-corrected chi connectivity index (χ2v) is 5.70. The van der Waals surface area contributed by atoms with Gasteiger partial charge in [-0.05, 0) is 43.7 Å². The van der Waals surface area contributed by atoms with Gasteiger partial charge in [-0.25, -0.2) is 9.67 Å². The largest absolute Gasteiger partial charge is 0.497 e. The van der Waals surface area contributed by atoms with Crippen LogP contribution in [0.1, 0.15) is 18.9 Å². The molecule has 1 aliphatic heterocycles. The molecule has 1 N–H and O–H groups in total. The van der Waals surface area contributed by atoms with Gasteiger partial charge in [-0.15, -0.1) is 5.10 Å². The number of nitrogens with one attached hydrogen (secondary N) is 1. The summed E-state index contributed by atoms with van der Waals surface area (Å²) in [6.45, 7) is 1.97. The Morgan fingerprint density at radius 3 is 2.88 bits per heavy atom. The molecule has 8 nitrogen and oxygen atoms in total. The standard InChI is InChI=1S/C16H18N6O2/c1-23-13-6-4-11(5-7-13)14-19-16(24-21-14)15-18-10-22(20-15)12-3-2-8-17-9-12/h4-7,10,12,17H,2-3,8-9H2,1H3. The Morgan fingerprint density at radius 1 is 1.25 bits per heavy atom. The molecule has 0 amide bonds. The Bertz CT molecular complexity index is 804. The van der Waals surface area contributed by atoms with E-state index in [9.17, 15) is 0 Å². The summed E-state index contributed by atoms with van der Waals surface area (Å²) in [4.78, 5) is 8.70. The van der Waals surface area contributed by atoms with Crippen molar-refractivity contribution >= 4 is 0 Å². The molecule has 1 aliphatic rings. The van der Waals surface area contributed by atoms with Gasteiger partial charge < -0.3 is 14.6 Å². The third-order valence-corrected chi connectivity index (χ3v) is 4.12. The maximum Gasteiger partial charge on any atom is 0.297 e. The predicted molar refractivity (Wildman–Crippen MR) is 86.4 cm³/mol. The predicted octanol–water partition coefficient (Wildman–Crippen LogP) is 1.93. The minimum atomic E-state index is 0.323. The number of ether oxygens (including phenoxy) is 1. The van der Waals surface area contributed by atoms with E-state index in [2.05, 4.69) is 25.5 Å². The van der Waals surface area contributed by atoms with Crippen molar-refractivity contribution in [1.82, 2.24) is 30.2 Å². The first kappa shape index (κ1) is 14.8. The van der Waals surface area contributed by atoms with Crippen molar-refractivity contribution in [2.24, 2.45) is 0 Å². The minimum Gasteiger partial charge on any atom is -0.497 e. The lowest BCUT2D eigenvalue weighted by atomic mass is 10.1. The van der Waals surface area contributed by atoms with Crippen LogP contribution in [0.15, 0.2) is 35.1 Å². The van der Waals surface area contributed by atoms with Crippen LogP contribution in [0.4, 0.5) is 0 Å². The van der Waals surface area contributed by atoms with Gasteiger partial charge in [0.2, 0.25) is 11.6 Å². The second-order valence-electron chi connectivity index (χ2n) is 5.70. The monoisotopic (exact) mass is 326 g/mol. The molecule has 0 bridgehead atoms. The molecule has 1 unspecified atom stereocenters. The van der Waals surface area contributed by atoms with Crippen LogP contribution >= 0.6 is 0 Å². The van der Waals surface area contributed by atoms with Gasteiger partial charge >= 0.3 is 0 Å². The van der Waals surface area contributed by atoms with E-state index in [0.717, 1.165) is 37.2 Å². The summed E-state index contributed by atoms with van der Waals surface area (Å²) < 4.78 is 12.3. The first-order valence-corrected chi connectivity index (χ1v) is 7.94. The molecule has 3 heterocycles. The van der Waals surface area contributed by atoms with E-state index in [-0.39, 0.29) is 0 Å². The maximum atomic E-state index is 5.32. The molecule has 4 rings (SSSR count). The quantitative estimate of drug-likeness (QED) is 0.783. The molecule has 1 saturated heterocycles. The van der Waals surface area contributed by atoms with Gasteiger partial charge in [-0.3, -0.25) is 0 Å². The van der Waals surface area contributed by atoms with Crippen molar-refractivity contribution in [2.45, 2.75) is 18.9 Å². The minimum absolute atomic E-state index is 0.323. The van der Waals surface area contributed by atoms with Crippen LogP contribution in [0.25, 0.3) is 23.1 Å². The van der Waals surface area contributed by atoms with Gasteiger partial charge in [-0.1, -0.05) is 5.16 Å². The van der Waals surface area contributed by atoms with Crippen LogP contribution in [-0.4, -0.2) is 45.1 Å². The number of hydrogen-bond acceptors (Lipinski definition) is 7.